The van der Waals surface area contributed by atoms with E-state index < -0.39 is 17.8 Å². The Balaban J connectivity index is 1.73. The molecule has 1 aliphatic heterocycles. The average Bonchev–Trinajstić information content (AvgIpc) is 3.08. The molecule has 8 heteroatoms. The van der Waals surface area contributed by atoms with Crippen molar-refractivity contribution in [2.75, 3.05) is 23.8 Å². The molecule has 3 aromatic carbocycles. The Labute approximate surface area is 189 Å². The summed E-state index contributed by atoms with van der Waals surface area (Å²) in [5, 5.41) is 25.0. The molecule has 0 fully saturated rings. The maximum atomic E-state index is 12.6. The molecule has 0 aliphatic carbocycles. The summed E-state index contributed by atoms with van der Waals surface area (Å²) in [5.41, 5.74) is 3.03. The number of β-amino-alcohol motifs (C(OH)–C–C–N with tert-alkyl or cyclic N) is 1. The largest absolute Gasteiger partial charge is 0.478 e. The van der Waals surface area contributed by atoms with E-state index >= 15 is 0 Å². The zero-order valence-corrected chi connectivity index (χ0v) is 17.5. The molecule has 0 unspecified atom stereocenters. The van der Waals surface area contributed by atoms with Gasteiger partial charge in [0.15, 0.2) is 0 Å². The van der Waals surface area contributed by atoms with Gasteiger partial charge in [-0.05, 0) is 23.8 Å². The van der Waals surface area contributed by atoms with Crippen LogP contribution in [0.25, 0.3) is 11.1 Å². The van der Waals surface area contributed by atoms with Gasteiger partial charge in [-0.2, -0.15) is 0 Å². The molecular weight excluding hydrogens is 422 g/mol. The van der Waals surface area contributed by atoms with Gasteiger partial charge in [0, 0.05) is 17.3 Å². The van der Waals surface area contributed by atoms with Crippen LogP contribution < -0.4 is 10.6 Å². The second-order valence-electron chi connectivity index (χ2n) is 7.27. The van der Waals surface area contributed by atoms with E-state index in [2.05, 4.69) is 10.6 Å². The molecule has 0 atom stereocenters. The topological polar surface area (TPSA) is 119 Å². The summed E-state index contributed by atoms with van der Waals surface area (Å²) in [7, 11) is 0. The Morgan fingerprint density at radius 1 is 0.848 bits per heavy atom. The molecule has 0 saturated carbocycles. The fourth-order valence-electron chi connectivity index (χ4n) is 3.62. The van der Waals surface area contributed by atoms with E-state index in [0.717, 1.165) is 22.1 Å². The Kier molecular flexibility index (Phi) is 6.19. The van der Waals surface area contributed by atoms with Gasteiger partial charge in [0.25, 0.3) is 11.8 Å². The van der Waals surface area contributed by atoms with Crippen molar-refractivity contribution in [1.29, 1.82) is 0 Å². The molecule has 33 heavy (non-hydrogen) atoms. The third-order valence-corrected chi connectivity index (χ3v) is 5.17. The molecular formula is C25H21N3O5. The molecule has 0 spiro atoms. The van der Waals surface area contributed by atoms with Crippen molar-refractivity contribution < 1.29 is 24.6 Å². The number of nitrogens with zero attached hydrogens (tertiary/aromatic N) is 1. The van der Waals surface area contributed by atoms with Crippen LogP contribution in [0.1, 0.15) is 10.4 Å². The number of carbonyl (C=O) groups is 3. The minimum atomic E-state index is -1.15. The number of aromatic carboxylic acids is 1. The van der Waals surface area contributed by atoms with E-state index in [4.69, 9.17) is 5.11 Å². The first-order chi connectivity index (χ1) is 16.0. The number of aliphatic hydroxyl groups is 1. The normalized spacial score (nSPS) is 13.1. The molecule has 4 rings (SSSR count). The maximum Gasteiger partial charge on any atom is 0.337 e. The highest BCUT2D eigenvalue weighted by molar-refractivity contribution is 6.18. The monoisotopic (exact) mass is 443 g/mol. The van der Waals surface area contributed by atoms with E-state index in [0.29, 0.717) is 11.4 Å². The Hall–Kier alpha value is -4.43. The number of anilines is 3. The minimum absolute atomic E-state index is 0.00427. The number of benzene rings is 3. The summed E-state index contributed by atoms with van der Waals surface area (Å²) < 4.78 is 0. The van der Waals surface area contributed by atoms with Crippen LogP contribution in [0.15, 0.2) is 84.6 Å². The molecule has 4 N–H and O–H groups in total. The third kappa shape index (κ3) is 4.46. The smallest absolute Gasteiger partial charge is 0.337 e. The lowest BCUT2D eigenvalue weighted by molar-refractivity contribution is -0.137. The van der Waals surface area contributed by atoms with Crippen molar-refractivity contribution >= 4 is 34.8 Å². The van der Waals surface area contributed by atoms with E-state index in [1.165, 1.54) is 6.07 Å². The summed E-state index contributed by atoms with van der Waals surface area (Å²) in [6, 6.07) is 21.7. The van der Waals surface area contributed by atoms with Crippen LogP contribution in [0.5, 0.6) is 0 Å². The van der Waals surface area contributed by atoms with Crippen molar-refractivity contribution in [2.24, 2.45) is 0 Å². The van der Waals surface area contributed by atoms with Crippen LogP contribution in [0.3, 0.4) is 0 Å². The Bertz CT molecular complexity index is 1250. The molecule has 0 aromatic heterocycles. The first-order valence-corrected chi connectivity index (χ1v) is 10.2. The van der Waals surface area contributed by atoms with Gasteiger partial charge in [-0.15, -0.1) is 0 Å². The van der Waals surface area contributed by atoms with E-state index in [1.54, 1.807) is 12.1 Å². The third-order valence-electron chi connectivity index (χ3n) is 5.17. The summed E-state index contributed by atoms with van der Waals surface area (Å²) in [6.07, 6.45) is 1.13. The van der Waals surface area contributed by atoms with Crippen molar-refractivity contribution in [1.82, 2.24) is 4.90 Å². The highest BCUT2D eigenvalue weighted by Gasteiger charge is 2.31. The molecule has 1 heterocycles. The SMILES string of the molecule is O=C(O)c1cccc(NC2=CC(=O)N(CCO)C2=O)c1Nc1ccccc1-c1ccccc1. The standard InChI is InChI=1S/C25H21N3O5/c29-14-13-28-22(30)15-21(24(28)31)26-20-12-6-10-18(25(32)33)23(20)27-19-11-5-4-9-17(19)16-7-2-1-3-8-16/h1-12,15,26-27,29H,13-14H2,(H,32,33). The quantitative estimate of drug-likeness (QED) is 0.394. The Morgan fingerprint density at radius 3 is 2.27 bits per heavy atom. The van der Waals surface area contributed by atoms with Crippen LogP contribution in [0.2, 0.25) is 0 Å². The van der Waals surface area contributed by atoms with Gasteiger partial charge in [0.05, 0.1) is 30.1 Å². The second kappa shape index (κ2) is 9.37. The Morgan fingerprint density at radius 2 is 1.55 bits per heavy atom. The lowest BCUT2D eigenvalue weighted by Crippen LogP contribution is -2.34. The molecule has 3 aromatic rings. The predicted octanol–water partition coefficient (Wildman–Crippen LogP) is 3.45. The highest BCUT2D eigenvalue weighted by atomic mass is 16.4. The van der Waals surface area contributed by atoms with Crippen molar-refractivity contribution in [3.8, 4) is 11.1 Å². The number of hydrogen-bond acceptors (Lipinski definition) is 6. The highest BCUT2D eigenvalue weighted by Crippen LogP contribution is 2.35. The van der Waals surface area contributed by atoms with Gasteiger partial charge in [-0.3, -0.25) is 14.5 Å². The van der Waals surface area contributed by atoms with Crippen LogP contribution >= 0.6 is 0 Å². The molecule has 0 bridgehead atoms. The van der Waals surface area contributed by atoms with Crippen LogP contribution in [0, 0.1) is 0 Å². The minimum Gasteiger partial charge on any atom is -0.478 e. The fraction of sp³-hybridized carbons (Fsp3) is 0.0800. The molecule has 2 amide bonds. The number of carbonyl (C=O) groups excluding carboxylic acids is 2. The van der Waals surface area contributed by atoms with Gasteiger partial charge in [-0.1, -0.05) is 54.6 Å². The van der Waals surface area contributed by atoms with Crippen LogP contribution in [-0.4, -0.2) is 46.0 Å². The number of nitrogens with one attached hydrogen (secondary N) is 2. The molecule has 0 saturated heterocycles. The van der Waals surface area contributed by atoms with Gasteiger partial charge in [0.1, 0.15) is 5.70 Å². The number of aliphatic hydroxyl groups excluding tert-OH is 1. The van der Waals surface area contributed by atoms with Gasteiger partial charge in [-0.25, -0.2) is 4.79 Å². The number of amides is 2. The number of imide groups is 1. The van der Waals surface area contributed by atoms with Gasteiger partial charge in [0.2, 0.25) is 0 Å². The maximum absolute atomic E-state index is 12.6. The van der Waals surface area contributed by atoms with Crippen molar-refractivity contribution in [2.45, 2.75) is 0 Å². The lowest BCUT2D eigenvalue weighted by Gasteiger charge is -2.19. The van der Waals surface area contributed by atoms with E-state index in [-0.39, 0.29) is 30.1 Å². The number of carboxylic acids is 1. The van der Waals surface area contributed by atoms with Gasteiger partial charge >= 0.3 is 5.97 Å². The van der Waals surface area contributed by atoms with Crippen LogP contribution in [0.4, 0.5) is 17.1 Å². The van der Waals surface area contributed by atoms with E-state index in [1.807, 2.05) is 54.6 Å². The van der Waals surface area contributed by atoms with Gasteiger partial charge < -0.3 is 20.8 Å². The fourth-order valence-corrected chi connectivity index (χ4v) is 3.62. The van der Waals surface area contributed by atoms with Crippen LogP contribution in [-0.2, 0) is 9.59 Å². The first kappa shape index (κ1) is 21.8. The molecule has 1 aliphatic rings. The summed E-state index contributed by atoms with van der Waals surface area (Å²) >= 11 is 0. The zero-order valence-electron chi connectivity index (χ0n) is 17.5. The molecule has 166 valence electrons. The zero-order chi connectivity index (χ0) is 23.4. The van der Waals surface area contributed by atoms with E-state index in [9.17, 15) is 19.5 Å². The first-order valence-electron chi connectivity index (χ1n) is 10.2. The summed E-state index contributed by atoms with van der Waals surface area (Å²) in [4.78, 5) is 37.5. The van der Waals surface area contributed by atoms with Crippen molar-refractivity contribution in [3.05, 3.63) is 90.1 Å². The number of hydrogen-bond donors (Lipinski definition) is 4. The number of para-hydroxylation sites is 2. The summed E-state index contributed by atoms with van der Waals surface area (Å²) in [6.45, 7) is -0.472. The summed E-state index contributed by atoms with van der Waals surface area (Å²) in [5.74, 6) is -2.29. The number of carboxylic acid groups (broad SMARTS) is 1. The average molecular weight is 443 g/mol. The second-order valence-corrected chi connectivity index (χ2v) is 7.27. The van der Waals surface area contributed by atoms with Crippen molar-refractivity contribution in [3.63, 3.8) is 0 Å². The molecule has 0 radical (unpaired) electrons. The number of rotatable bonds is 8. The molecule has 8 nitrogen and oxygen atoms in total. The lowest BCUT2D eigenvalue weighted by atomic mass is 10.0. The predicted molar refractivity (Wildman–Crippen MR) is 124 cm³/mol.